The number of thiazole rings is 1. The second-order valence-electron chi connectivity index (χ2n) is 3.28. The molecule has 0 atom stereocenters. The molecule has 6 heteroatoms. The van der Waals surface area contributed by atoms with E-state index in [1.54, 1.807) is 16.0 Å². The summed E-state index contributed by atoms with van der Waals surface area (Å²) in [6.07, 6.45) is 3.80. The first-order valence-corrected chi connectivity index (χ1v) is 5.79. The largest absolute Gasteiger partial charge is 0.330 e. The minimum absolute atomic E-state index is 0.693. The summed E-state index contributed by atoms with van der Waals surface area (Å²) in [6, 6.07) is 0. The zero-order valence-corrected chi connectivity index (χ0v) is 9.15. The number of nitrogens with zero attached hydrogens (tertiary/aromatic N) is 4. The van der Waals surface area contributed by atoms with Gasteiger partial charge in [-0.3, -0.25) is 0 Å². The standard InChI is InChI=1S/C9H13N5S/c10-3-1-2-8-4-14(13-12-8)5-9-6-15-7-11-9/h4,6-7H,1-3,5,10H2. The van der Waals surface area contributed by atoms with Gasteiger partial charge in [-0.05, 0) is 19.4 Å². The van der Waals surface area contributed by atoms with E-state index in [1.165, 1.54) is 0 Å². The molecule has 0 spiro atoms. The molecule has 2 aromatic heterocycles. The smallest absolute Gasteiger partial charge is 0.0857 e. The van der Waals surface area contributed by atoms with E-state index in [0.29, 0.717) is 13.1 Å². The molecule has 0 saturated heterocycles. The molecule has 0 saturated carbocycles. The molecule has 0 aliphatic rings. The Morgan fingerprint density at radius 2 is 2.33 bits per heavy atom. The summed E-state index contributed by atoms with van der Waals surface area (Å²) in [6.45, 7) is 1.39. The van der Waals surface area contributed by atoms with Gasteiger partial charge in [-0.1, -0.05) is 5.21 Å². The number of nitrogens with two attached hydrogens (primary N) is 1. The summed E-state index contributed by atoms with van der Waals surface area (Å²) in [4.78, 5) is 4.19. The van der Waals surface area contributed by atoms with Crippen molar-refractivity contribution in [2.75, 3.05) is 6.54 Å². The van der Waals surface area contributed by atoms with Gasteiger partial charge in [-0.25, -0.2) is 9.67 Å². The second-order valence-corrected chi connectivity index (χ2v) is 4.00. The quantitative estimate of drug-likeness (QED) is 0.809. The van der Waals surface area contributed by atoms with Crippen LogP contribution in [0.5, 0.6) is 0 Å². The van der Waals surface area contributed by atoms with Crippen LogP contribution < -0.4 is 5.73 Å². The van der Waals surface area contributed by atoms with Crippen LogP contribution in [-0.2, 0) is 13.0 Å². The Bertz CT molecular complexity index is 394. The summed E-state index contributed by atoms with van der Waals surface area (Å²) in [7, 11) is 0. The fourth-order valence-electron chi connectivity index (χ4n) is 1.30. The third-order valence-electron chi connectivity index (χ3n) is 2.03. The fourth-order valence-corrected chi connectivity index (χ4v) is 1.84. The Morgan fingerprint density at radius 1 is 1.40 bits per heavy atom. The van der Waals surface area contributed by atoms with Gasteiger partial charge in [0.05, 0.1) is 23.4 Å². The van der Waals surface area contributed by atoms with E-state index in [2.05, 4.69) is 15.3 Å². The molecule has 0 unspecified atom stereocenters. The number of hydrogen-bond acceptors (Lipinski definition) is 5. The number of aromatic nitrogens is 4. The lowest BCUT2D eigenvalue weighted by molar-refractivity contribution is 0.640. The van der Waals surface area contributed by atoms with Crippen molar-refractivity contribution in [3.63, 3.8) is 0 Å². The average molecular weight is 223 g/mol. The summed E-state index contributed by atoms with van der Waals surface area (Å²) < 4.78 is 1.81. The Labute approximate surface area is 91.9 Å². The van der Waals surface area contributed by atoms with E-state index in [4.69, 9.17) is 5.73 Å². The molecule has 0 bridgehead atoms. The van der Waals surface area contributed by atoms with Gasteiger partial charge in [0.2, 0.25) is 0 Å². The highest BCUT2D eigenvalue weighted by Gasteiger charge is 2.01. The molecule has 2 heterocycles. The van der Waals surface area contributed by atoms with Gasteiger partial charge < -0.3 is 5.73 Å². The number of aryl methyl sites for hydroxylation is 1. The van der Waals surface area contributed by atoms with Crippen LogP contribution in [-0.4, -0.2) is 26.5 Å². The Hall–Kier alpha value is -1.27. The Kier molecular flexibility index (Phi) is 3.41. The maximum Gasteiger partial charge on any atom is 0.0857 e. The molecule has 2 aromatic rings. The summed E-state index contributed by atoms with van der Waals surface area (Å²) in [5, 5.41) is 10.1. The van der Waals surface area contributed by atoms with Crippen molar-refractivity contribution in [3.05, 3.63) is 28.5 Å². The van der Waals surface area contributed by atoms with Crippen LogP contribution in [0.1, 0.15) is 17.8 Å². The minimum Gasteiger partial charge on any atom is -0.330 e. The fraction of sp³-hybridized carbons (Fsp3) is 0.444. The molecule has 0 radical (unpaired) electrons. The van der Waals surface area contributed by atoms with Gasteiger partial charge in [-0.15, -0.1) is 16.4 Å². The molecule has 15 heavy (non-hydrogen) atoms. The summed E-state index contributed by atoms with van der Waals surface area (Å²) in [5.74, 6) is 0. The second kappa shape index (κ2) is 4.99. The molecule has 0 aliphatic heterocycles. The zero-order chi connectivity index (χ0) is 10.5. The molecule has 0 fully saturated rings. The zero-order valence-electron chi connectivity index (χ0n) is 8.33. The highest BCUT2D eigenvalue weighted by molar-refractivity contribution is 7.07. The third-order valence-corrected chi connectivity index (χ3v) is 2.67. The van der Waals surface area contributed by atoms with Crippen molar-refractivity contribution in [2.45, 2.75) is 19.4 Å². The summed E-state index contributed by atoms with van der Waals surface area (Å²) in [5.41, 5.74) is 9.27. The SMILES string of the molecule is NCCCc1cn(Cc2cscn2)nn1. The van der Waals surface area contributed by atoms with E-state index in [9.17, 15) is 0 Å². The lowest BCUT2D eigenvalue weighted by atomic mass is 10.2. The van der Waals surface area contributed by atoms with Crippen molar-refractivity contribution < 1.29 is 0 Å². The maximum atomic E-state index is 5.43. The van der Waals surface area contributed by atoms with Crippen LogP contribution >= 0.6 is 11.3 Å². The molecular weight excluding hydrogens is 210 g/mol. The third kappa shape index (κ3) is 2.84. The molecular formula is C9H13N5S. The molecule has 2 rings (SSSR count). The highest BCUT2D eigenvalue weighted by atomic mass is 32.1. The number of rotatable bonds is 5. The van der Waals surface area contributed by atoms with Crippen molar-refractivity contribution in [3.8, 4) is 0 Å². The normalized spacial score (nSPS) is 10.7. The van der Waals surface area contributed by atoms with Gasteiger partial charge in [0, 0.05) is 11.6 Å². The van der Waals surface area contributed by atoms with Crippen molar-refractivity contribution in [1.29, 1.82) is 0 Å². The van der Waals surface area contributed by atoms with Gasteiger partial charge >= 0.3 is 0 Å². The molecule has 2 N–H and O–H groups in total. The predicted molar refractivity (Wildman–Crippen MR) is 58.6 cm³/mol. The van der Waals surface area contributed by atoms with Gasteiger partial charge in [0.15, 0.2) is 0 Å². The molecule has 80 valence electrons. The molecule has 0 aromatic carbocycles. The van der Waals surface area contributed by atoms with Gasteiger partial charge in [-0.2, -0.15) is 0 Å². The van der Waals surface area contributed by atoms with Crippen molar-refractivity contribution in [2.24, 2.45) is 5.73 Å². The Morgan fingerprint density at radius 3 is 3.07 bits per heavy atom. The Balaban J connectivity index is 1.95. The maximum absolute atomic E-state index is 5.43. The van der Waals surface area contributed by atoms with Crippen molar-refractivity contribution in [1.82, 2.24) is 20.0 Å². The molecule has 0 amide bonds. The van der Waals surface area contributed by atoms with Crippen LogP contribution in [0.25, 0.3) is 0 Å². The van der Waals surface area contributed by atoms with Crippen LogP contribution in [0.3, 0.4) is 0 Å². The van der Waals surface area contributed by atoms with E-state index in [1.807, 2.05) is 17.1 Å². The van der Waals surface area contributed by atoms with E-state index in [-0.39, 0.29) is 0 Å². The lowest BCUT2D eigenvalue weighted by Crippen LogP contribution is -2.01. The van der Waals surface area contributed by atoms with Crippen LogP contribution in [0.15, 0.2) is 17.1 Å². The number of hydrogen-bond donors (Lipinski definition) is 1. The summed E-state index contributed by atoms with van der Waals surface area (Å²) >= 11 is 1.59. The topological polar surface area (TPSA) is 69.6 Å². The first-order chi connectivity index (χ1) is 7.38. The highest BCUT2D eigenvalue weighted by Crippen LogP contribution is 2.04. The monoisotopic (exact) mass is 223 g/mol. The van der Waals surface area contributed by atoms with Crippen LogP contribution in [0.2, 0.25) is 0 Å². The minimum atomic E-state index is 0.693. The van der Waals surface area contributed by atoms with Gasteiger partial charge in [0.1, 0.15) is 0 Å². The van der Waals surface area contributed by atoms with Gasteiger partial charge in [0.25, 0.3) is 0 Å². The lowest BCUT2D eigenvalue weighted by Gasteiger charge is -1.94. The predicted octanol–water partition coefficient (Wildman–Crippen LogP) is 0.674. The molecule has 0 aliphatic carbocycles. The first kappa shape index (κ1) is 10.3. The van der Waals surface area contributed by atoms with E-state index >= 15 is 0 Å². The van der Waals surface area contributed by atoms with E-state index in [0.717, 1.165) is 24.2 Å². The van der Waals surface area contributed by atoms with Crippen LogP contribution in [0, 0.1) is 0 Å². The van der Waals surface area contributed by atoms with Crippen molar-refractivity contribution >= 4 is 11.3 Å². The van der Waals surface area contributed by atoms with E-state index < -0.39 is 0 Å². The first-order valence-electron chi connectivity index (χ1n) is 4.84. The average Bonchev–Trinajstić information content (AvgIpc) is 2.87. The van der Waals surface area contributed by atoms with Crippen LogP contribution in [0.4, 0.5) is 0 Å². The molecule has 5 nitrogen and oxygen atoms in total.